The molecule has 5 nitrogen and oxygen atoms in total. The average Bonchev–Trinajstić information content (AvgIpc) is 2.63. The summed E-state index contributed by atoms with van der Waals surface area (Å²) in [7, 11) is 0. The number of rotatable bonds is 7. The van der Waals surface area contributed by atoms with Gasteiger partial charge in [0.15, 0.2) is 0 Å². The van der Waals surface area contributed by atoms with Crippen LogP contribution in [0.15, 0.2) is 30.9 Å². The number of amides is 2. The first-order valence-electron chi connectivity index (χ1n) is 8.54. The van der Waals surface area contributed by atoms with Crippen LogP contribution in [0.2, 0.25) is 0 Å². The maximum Gasteiger partial charge on any atom is 0.253 e. The van der Waals surface area contributed by atoms with Gasteiger partial charge < -0.3 is 15.0 Å². The number of benzene rings is 1. The predicted octanol–water partition coefficient (Wildman–Crippen LogP) is 3.10. The van der Waals surface area contributed by atoms with Crippen LogP contribution in [-0.2, 0) is 9.53 Å². The van der Waals surface area contributed by atoms with Crippen LogP contribution in [-0.4, -0.2) is 54.0 Å². The fraction of sp³-hybridized carbons (Fsp3) is 0.474. The molecule has 0 aliphatic carbocycles. The number of thioether (sulfide) groups is 1. The molecule has 0 radical (unpaired) electrons. The number of anilines is 1. The molecule has 1 saturated heterocycles. The highest BCUT2D eigenvalue weighted by Crippen LogP contribution is 2.20. The van der Waals surface area contributed by atoms with Crippen LogP contribution in [0.5, 0.6) is 0 Å². The Bertz CT molecular complexity index is 627. The first kappa shape index (κ1) is 19.5. The summed E-state index contributed by atoms with van der Waals surface area (Å²) in [6, 6.07) is 5.40. The zero-order chi connectivity index (χ0) is 18.2. The van der Waals surface area contributed by atoms with Gasteiger partial charge in [0.1, 0.15) is 6.10 Å². The van der Waals surface area contributed by atoms with Gasteiger partial charge in [-0.3, -0.25) is 9.59 Å². The number of aryl methyl sites for hydroxylation is 1. The van der Waals surface area contributed by atoms with E-state index >= 15 is 0 Å². The van der Waals surface area contributed by atoms with Gasteiger partial charge in [0, 0.05) is 35.8 Å². The van der Waals surface area contributed by atoms with Crippen molar-refractivity contribution in [2.75, 3.05) is 36.5 Å². The summed E-state index contributed by atoms with van der Waals surface area (Å²) < 4.78 is 5.45. The number of hydrogen-bond donors (Lipinski definition) is 1. The highest BCUT2D eigenvalue weighted by atomic mass is 32.2. The molecule has 2 rings (SSSR count). The fourth-order valence-corrected chi connectivity index (χ4v) is 3.43. The van der Waals surface area contributed by atoms with E-state index in [9.17, 15) is 9.59 Å². The Labute approximate surface area is 153 Å². The highest BCUT2D eigenvalue weighted by molar-refractivity contribution is 7.99. The zero-order valence-corrected chi connectivity index (χ0v) is 15.7. The normalized spacial score (nSPS) is 15.5. The number of carbonyl (C=O) groups excluding carboxylic acids is 2. The molecule has 1 heterocycles. The van der Waals surface area contributed by atoms with Crippen molar-refractivity contribution in [3.63, 3.8) is 0 Å². The maximum absolute atomic E-state index is 12.5. The van der Waals surface area contributed by atoms with Gasteiger partial charge in [-0.15, -0.1) is 6.58 Å². The zero-order valence-electron chi connectivity index (χ0n) is 14.9. The SMILES string of the molecule is C=CCCOC(C)C(=O)Nc1ccc(C(=O)N2CCSCC2)cc1C. The van der Waals surface area contributed by atoms with Crippen molar-refractivity contribution < 1.29 is 14.3 Å². The van der Waals surface area contributed by atoms with E-state index in [2.05, 4.69) is 11.9 Å². The molecular weight excluding hydrogens is 336 g/mol. The molecule has 0 bridgehead atoms. The number of ether oxygens (including phenoxy) is 1. The molecule has 1 fully saturated rings. The Morgan fingerprint density at radius 1 is 1.40 bits per heavy atom. The molecule has 0 spiro atoms. The second kappa shape index (κ2) is 9.63. The van der Waals surface area contributed by atoms with Gasteiger partial charge >= 0.3 is 0 Å². The van der Waals surface area contributed by atoms with Gasteiger partial charge in [-0.25, -0.2) is 0 Å². The molecule has 136 valence electrons. The molecule has 1 atom stereocenters. The van der Waals surface area contributed by atoms with Crippen LogP contribution in [0, 0.1) is 6.92 Å². The van der Waals surface area contributed by atoms with E-state index in [0.29, 0.717) is 24.3 Å². The van der Waals surface area contributed by atoms with Crippen LogP contribution < -0.4 is 5.32 Å². The maximum atomic E-state index is 12.5. The van der Waals surface area contributed by atoms with Gasteiger partial charge in [-0.1, -0.05) is 6.08 Å². The van der Waals surface area contributed by atoms with Crippen molar-refractivity contribution in [1.29, 1.82) is 0 Å². The third-order valence-corrected chi connectivity index (χ3v) is 5.03. The largest absolute Gasteiger partial charge is 0.368 e. The Morgan fingerprint density at radius 3 is 2.76 bits per heavy atom. The minimum absolute atomic E-state index is 0.0578. The summed E-state index contributed by atoms with van der Waals surface area (Å²) in [6.45, 7) is 9.29. The summed E-state index contributed by atoms with van der Waals surface area (Å²) >= 11 is 1.87. The number of hydrogen-bond acceptors (Lipinski definition) is 4. The monoisotopic (exact) mass is 362 g/mol. The lowest BCUT2D eigenvalue weighted by Crippen LogP contribution is -2.37. The Morgan fingerprint density at radius 2 is 2.12 bits per heavy atom. The van der Waals surface area contributed by atoms with Crippen molar-refractivity contribution in [2.45, 2.75) is 26.4 Å². The number of nitrogens with one attached hydrogen (secondary N) is 1. The summed E-state index contributed by atoms with van der Waals surface area (Å²) in [6.07, 6.45) is 1.93. The van der Waals surface area contributed by atoms with Crippen LogP contribution in [0.1, 0.15) is 29.3 Å². The molecule has 1 aliphatic heterocycles. The molecule has 6 heteroatoms. The van der Waals surface area contributed by atoms with Gasteiger partial charge in [-0.2, -0.15) is 11.8 Å². The first-order chi connectivity index (χ1) is 12.0. The molecule has 0 saturated carbocycles. The van der Waals surface area contributed by atoms with Crippen molar-refractivity contribution in [3.05, 3.63) is 42.0 Å². The van der Waals surface area contributed by atoms with Crippen molar-refractivity contribution >= 4 is 29.3 Å². The standard InChI is InChI=1S/C19H26N2O3S/c1-4-5-10-24-15(3)18(22)20-17-7-6-16(13-14(17)2)19(23)21-8-11-25-12-9-21/h4,6-7,13,15H,1,5,8-12H2,2-3H3,(H,20,22). The van der Waals surface area contributed by atoms with Gasteiger partial charge in [0.05, 0.1) is 6.61 Å². The third-order valence-electron chi connectivity index (χ3n) is 4.09. The van der Waals surface area contributed by atoms with E-state index in [1.54, 1.807) is 25.1 Å². The molecule has 1 unspecified atom stereocenters. The van der Waals surface area contributed by atoms with Crippen LogP contribution >= 0.6 is 11.8 Å². The minimum Gasteiger partial charge on any atom is -0.368 e. The molecule has 1 aromatic rings. The molecule has 1 aliphatic rings. The van der Waals surface area contributed by atoms with Crippen LogP contribution in [0.4, 0.5) is 5.69 Å². The van der Waals surface area contributed by atoms with Crippen molar-refractivity contribution in [2.24, 2.45) is 0 Å². The minimum atomic E-state index is -0.536. The lowest BCUT2D eigenvalue weighted by molar-refractivity contribution is -0.126. The summed E-state index contributed by atoms with van der Waals surface area (Å²) in [5.41, 5.74) is 2.23. The smallest absolute Gasteiger partial charge is 0.253 e. The fourth-order valence-electron chi connectivity index (χ4n) is 2.52. The lowest BCUT2D eigenvalue weighted by atomic mass is 10.1. The summed E-state index contributed by atoms with van der Waals surface area (Å²) in [4.78, 5) is 26.6. The van der Waals surface area contributed by atoms with E-state index < -0.39 is 6.10 Å². The van der Waals surface area contributed by atoms with Gasteiger partial charge in [0.2, 0.25) is 0 Å². The topological polar surface area (TPSA) is 58.6 Å². The van der Waals surface area contributed by atoms with Crippen LogP contribution in [0.25, 0.3) is 0 Å². The second-order valence-electron chi connectivity index (χ2n) is 6.01. The average molecular weight is 362 g/mol. The summed E-state index contributed by atoms with van der Waals surface area (Å²) in [5, 5.41) is 2.86. The van der Waals surface area contributed by atoms with E-state index in [1.807, 2.05) is 29.7 Å². The Hall–Kier alpha value is -1.79. The molecule has 0 aromatic heterocycles. The van der Waals surface area contributed by atoms with E-state index in [4.69, 9.17) is 4.74 Å². The van der Waals surface area contributed by atoms with Crippen LogP contribution in [0.3, 0.4) is 0 Å². The number of carbonyl (C=O) groups is 2. The lowest BCUT2D eigenvalue weighted by Gasteiger charge is -2.26. The van der Waals surface area contributed by atoms with E-state index in [-0.39, 0.29) is 11.8 Å². The molecule has 25 heavy (non-hydrogen) atoms. The predicted molar refractivity (Wildman–Crippen MR) is 103 cm³/mol. The Kier molecular flexibility index (Phi) is 7.52. The van der Waals surface area contributed by atoms with Crippen molar-refractivity contribution in [3.8, 4) is 0 Å². The number of nitrogens with zero attached hydrogens (tertiary/aromatic N) is 1. The summed E-state index contributed by atoms with van der Waals surface area (Å²) in [5.74, 6) is 1.84. The van der Waals surface area contributed by atoms with E-state index in [0.717, 1.165) is 30.2 Å². The molecular formula is C19H26N2O3S. The van der Waals surface area contributed by atoms with Crippen molar-refractivity contribution in [1.82, 2.24) is 4.90 Å². The van der Waals surface area contributed by atoms with Gasteiger partial charge in [0.25, 0.3) is 11.8 Å². The third kappa shape index (κ3) is 5.61. The van der Waals surface area contributed by atoms with E-state index in [1.165, 1.54) is 0 Å². The van der Waals surface area contributed by atoms with Gasteiger partial charge in [-0.05, 0) is 44.0 Å². The second-order valence-corrected chi connectivity index (χ2v) is 7.24. The quantitative estimate of drug-likeness (QED) is 0.598. The Balaban J connectivity index is 1.97. The molecule has 1 N–H and O–H groups in total. The highest BCUT2D eigenvalue weighted by Gasteiger charge is 2.19. The first-order valence-corrected chi connectivity index (χ1v) is 9.69. The molecule has 2 amide bonds. The molecule has 1 aromatic carbocycles.